The number of carboxylic acids is 2. The van der Waals surface area contributed by atoms with Crippen molar-refractivity contribution >= 4 is 115 Å². The van der Waals surface area contributed by atoms with E-state index in [4.69, 9.17) is 9.97 Å². The number of aromatic nitrogens is 5. The van der Waals surface area contributed by atoms with E-state index < -0.39 is 32.2 Å². The molecule has 0 amide bonds. The third-order valence-corrected chi connectivity index (χ3v) is 14.1. The van der Waals surface area contributed by atoms with Crippen molar-refractivity contribution in [2.75, 3.05) is 10.2 Å². The van der Waals surface area contributed by atoms with E-state index in [1.54, 1.807) is 52.5 Å². The number of anilines is 5. The van der Waals surface area contributed by atoms with Gasteiger partial charge in [-0.15, -0.1) is 10.2 Å². The van der Waals surface area contributed by atoms with Gasteiger partial charge in [-0.1, -0.05) is 22.7 Å². The highest BCUT2D eigenvalue weighted by Crippen LogP contribution is 2.45. The van der Waals surface area contributed by atoms with Crippen LogP contribution in [0.3, 0.4) is 0 Å². The van der Waals surface area contributed by atoms with E-state index in [1.807, 2.05) is 0 Å². The maximum Gasteiger partial charge on any atom is 0.335 e. The fourth-order valence-corrected chi connectivity index (χ4v) is 10.5. The molecule has 340 valence electrons. The first-order chi connectivity index (χ1) is 31.5. The molecule has 67 heavy (non-hydrogen) atoms. The van der Waals surface area contributed by atoms with Gasteiger partial charge < -0.3 is 15.5 Å². The normalized spacial score (nSPS) is 12.0. The Morgan fingerprint density at radius 3 is 1.79 bits per heavy atom. The Labute approximate surface area is 388 Å². The Kier molecular flexibility index (Phi) is 11.7. The predicted octanol–water partition coefficient (Wildman–Crippen LogP) is 9.73. The summed E-state index contributed by atoms with van der Waals surface area (Å²) in [5.74, 6) is -2.01. The van der Waals surface area contributed by atoms with E-state index in [0.29, 0.717) is 59.6 Å². The molecule has 4 heterocycles. The minimum absolute atomic E-state index is 0.0266. The van der Waals surface area contributed by atoms with Gasteiger partial charge in [-0.25, -0.2) is 24.5 Å². The highest BCUT2D eigenvalue weighted by molar-refractivity contribution is 7.86. The summed E-state index contributed by atoms with van der Waals surface area (Å²) in [5.41, 5.74) is 4.82. The predicted molar refractivity (Wildman–Crippen MR) is 249 cm³/mol. The van der Waals surface area contributed by atoms with E-state index in [2.05, 4.69) is 31.7 Å². The lowest BCUT2D eigenvalue weighted by atomic mass is 10.0. The summed E-state index contributed by atoms with van der Waals surface area (Å²) in [6.45, 7) is 10.2. The SMILES string of the molecule is Cc1cc(N(c2nc3ccc(S(=O)(=O)O)cc3s2)c2c(C)cc(C(=O)O)cc2C)nc(Nc2c(C)cc(C(=O)O)cc2C)c1N=Nc1c(C#N)c(C)nn1-c1nc2ccc(S(=O)(=O)O)cc2s1. The number of carbonyl (C=O) groups is 2. The van der Waals surface area contributed by atoms with Crippen molar-refractivity contribution in [1.82, 2.24) is 24.7 Å². The minimum atomic E-state index is -4.57. The van der Waals surface area contributed by atoms with E-state index in [-0.39, 0.29) is 65.6 Å². The van der Waals surface area contributed by atoms with E-state index in [1.165, 1.54) is 65.3 Å². The number of pyridine rings is 1. The molecule has 0 saturated heterocycles. The monoisotopic (exact) mass is 978 g/mol. The first-order valence-electron chi connectivity index (χ1n) is 19.5. The molecule has 0 bridgehead atoms. The molecule has 8 aromatic rings. The van der Waals surface area contributed by atoms with Gasteiger partial charge in [-0.05, 0) is 136 Å². The van der Waals surface area contributed by atoms with Crippen LogP contribution in [0.15, 0.2) is 86.7 Å². The Morgan fingerprint density at radius 2 is 1.25 bits per heavy atom. The summed E-state index contributed by atoms with van der Waals surface area (Å²) < 4.78 is 69.5. The van der Waals surface area contributed by atoms with Gasteiger partial charge in [0.25, 0.3) is 20.2 Å². The second kappa shape index (κ2) is 17.0. The number of aryl methyl sites for hydroxylation is 6. The van der Waals surface area contributed by atoms with Crippen LogP contribution in [0.1, 0.15) is 59.8 Å². The molecular weight excluding hydrogens is 945 g/mol. The van der Waals surface area contributed by atoms with Crippen molar-refractivity contribution in [3.63, 3.8) is 0 Å². The van der Waals surface area contributed by atoms with Gasteiger partial charge in [0, 0.05) is 5.69 Å². The van der Waals surface area contributed by atoms with Crippen molar-refractivity contribution in [3.05, 3.63) is 117 Å². The van der Waals surface area contributed by atoms with Crippen LogP contribution >= 0.6 is 22.7 Å². The minimum Gasteiger partial charge on any atom is -0.478 e. The van der Waals surface area contributed by atoms with Crippen LogP contribution in [-0.4, -0.2) is 72.8 Å². The average Bonchev–Trinajstić information content (AvgIpc) is 3.96. The van der Waals surface area contributed by atoms with Gasteiger partial charge in [0.1, 0.15) is 23.1 Å². The van der Waals surface area contributed by atoms with Crippen LogP contribution in [0.25, 0.3) is 25.6 Å². The number of nitrogens with one attached hydrogen (secondary N) is 1. The number of thiazole rings is 2. The average molecular weight is 979 g/mol. The van der Waals surface area contributed by atoms with E-state index in [0.717, 1.165) is 22.7 Å². The lowest BCUT2D eigenvalue weighted by molar-refractivity contribution is 0.0686. The number of carboxylic acid groups (broad SMARTS) is 2. The third-order valence-electron chi connectivity index (χ3n) is 10.4. The zero-order valence-electron chi connectivity index (χ0n) is 35.7. The maximum atomic E-state index is 12.1. The molecule has 0 saturated carbocycles. The van der Waals surface area contributed by atoms with Gasteiger partial charge in [-0.3, -0.25) is 14.0 Å². The molecule has 0 aliphatic rings. The van der Waals surface area contributed by atoms with E-state index in [9.17, 15) is 51.0 Å². The molecule has 20 nitrogen and oxygen atoms in total. The quantitative estimate of drug-likeness (QED) is 0.0562. The number of nitriles is 1. The Bertz CT molecular complexity index is 3700. The number of benzene rings is 4. The lowest BCUT2D eigenvalue weighted by Crippen LogP contribution is -2.16. The van der Waals surface area contributed by atoms with Crippen LogP contribution in [0.4, 0.5) is 39.6 Å². The molecule has 0 radical (unpaired) electrons. The van der Waals surface area contributed by atoms with Crippen LogP contribution in [0.5, 0.6) is 0 Å². The molecule has 0 aliphatic carbocycles. The molecule has 0 unspecified atom stereocenters. The Morgan fingerprint density at radius 1 is 0.716 bits per heavy atom. The number of aromatic carboxylic acids is 2. The fraction of sp³-hybridized carbons (Fsp3) is 0.140. The summed E-state index contributed by atoms with van der Waals surface area (Å²) in [6, 6.07) is 17.5. The van der Waals surface area contributed by atoms with Crippen molar-refractivity contribution in [2.24, 2.45) is 10.2 Å². The summed E-state index contributed by atoms with van der Waals surface area (Å²) in [5, 5.41) is 47.5. The second-order valence-corrected chi connectivity index (χ2v) is 20.1. The number of fused-ring (bicyclic) bond motifs is 2. The van der Waals surface area contributed by atoms with Gasteiger partial charge in [0.05, 0.1) is 52.7 Å². The number of hydrogen-bond donors (Lipinski definition) is 5. The van der Waals surface area contributed by atoms with Crippen LogP contribution in [-0.2, 0) is 20.2 Å². The van der Waals surface area contributed by atoms with Gasteiger partial charge in [-0.2, -0.15) is 31.9 Å². The van der Waals surface area contributed by atoms with Gasteiger partial charge >= 0.3 is 11.9 Å². The van der Waals surface area contributed by atoms with Crippen LogP contribution in [0, 0.1) is 52.9 Å². The second-order valence-electron chi connectivity index (χ2n) is 15.2. The summed E-state index contributed by atoms with van der Waals surface area (Å²) in [4.78, 5) is 39.6. The zero-order chi connectivity index (χ0) is 48.4. The molecule has 0 fully saturated rings. The van der Waals surface area contributed by atoms with Crippen molar-refractivity contribution in [1.29, 1.82) is 5.26 Å². The van der Waals surface area contributed by atoms with Crippen molar-refractivity contribution in [3.8, 4) is 11.2 Å². The van der Waals surface area contributed by atoms with E-state index >= 15 is 0 Å². The van der Waals surface area contributed by atoms with Gasteiger partial charge in [0.2, 0.25) is 5.13 Å². The summed E-state index contributed by atoms with van der Waals surface area (Å²) in [7, 11) is -9.10. The van der Waals surface area contributed by atoms with Crippen LogP contribution < -0.4 is 10.2 Å². The lowest BCUT2D eigenvalue weighted by Gasteiger charge is -2.27. The molecule has 0 atom stereocenters. The van der Waals surface area contributed by atoms with Crippen molar-refractivity contribution < 1.29 is 45.7 Å². The smallest absolute Gasteiger partial charge is 0.335 e. The number of azo groups is 1. The topological polar surface area (TPSA) is 304 Å². The zero-order valence-corrected chi connectivity index (χ0v) is 39.0. The summed E-state index contributed by atoms with van der Waals surface area (Å²) >= 11 is 2.10. The molecule has 0 aliphatic heterocycles. The maximum absolute atomic E-state index is 12.1. The highest BCUT2D eigenvalue weighted by atomic mass is 32.2. The highest BCUT2D eigenvalue weighted by Gasteiger charge is 2.27. The Balaban J connectivity index is 1.35. The standard InChI is InChI=1S/C43H34N10O10S4/c1-19-11-25(40(54)55)12-20(2)35(19)48-38-36(49-50-39-29(18-44)24(6)51-53(39)43-46-31-10-8-28(67(61,62)63)17-33(31)65-43)21(3)15-34(47-38)52(37-22(4)13-26(41(56)57)14-23(37)5)42-45-30-9-7-27(66(58,59)60)16-32(30)64-42/h7-17H,1-6H3,(H,47,48)(H,54,55)(H,56,57)(H,58,59,60)(H,61,62,63). The molecule has 4 aromatic heterocycles. The van der Waals surface area contributed by atoms with Crippen LogP contribution in [0.2, 0.25) is 0 Å². The third kappa shape index (κ3) is 8.81. The fourth-order valence-electron chi connectivity index (χ4n) is 7.38. The number of hydrogen-bond acceptors (Lipinski definition) is 17. The number of nitrogens with zero attached hydrogens (tertiary/aromatic N) is 9. The first-order valence-corrected chi connectivity index (χ1v) is 24.0. The van der Waals surface area contributed by atoms with Gasteiger partial charge in [0.15, 0.2) is 16.8 Å². The molecule has 4 aromatic carbocycles. The molecule has 0 spiro atoms. The number of rotatable bonds is 12. The Hall–Kier alpha value is -7.53. The summed E-state index contributed by atoms with van der Waals surface area (Å²) in [6.07, 6.45) is 0. The molecule has 24 heteroatoms. The molecule has 5 N–H and O–H groups in total. The largest absolute Gasteiger partial charge is 0.478 e. The van der Waals surface area contributed by atoms with Crippen molar-refractivity contribution in [2.45, 2.75) is 51.3 Å². The molecule has 8 rings (SSSR count). The first kappa shape index (κ1) is 46.0. The molecular formula is C43H34N10O10S4.